The van der Waals surface area contributed by atoms with Gasteiger partial charge in [0, 0.05) is 12.2 Å². The zero-order chi connectivity index (χ0) is 9.84. The summed E-state index contributed by atoms with van der Waals surface area (Å²) in [4.78, 5) is 18.2. The number of hydrogen-bond acceptors (Lipinski definition) is 2. The van der Waals surface area contributed by atoms with E-state index < -0.39 is 0 Å². The normalized spacial score (nSPS) is 10.5. The number of carbonyl (C=O) groups is 1. The molecule has 13 heavy (non-hydrogen) atoms. The molecule has 2 N–H and O–H groups in total. The van der Waals surface area contributed by atoms with Gasteiger partial charge in [0.15, 0.2) is 0 Å². The van der Waals surface area contributed by atoms with E-state index in [2.05, 4.69) is 29.1 Å². The van der Waals surface area contributed by atoms with Crippen molar-refractivity contribution < 1.29 is 4.79 Å². The smallest absolute Gasteiger partial charge is 0.271 e. The highest BCUT2D eigenvalue weighted by molar-refractivity contribution is 5.93. The maximum Gasteiger partial charge on any atom is 0.271 e. The third kappa shape index (κ3) is 2.57. The highest BCUT2D eigenvalue weighted by Crippen LogP contribution is 2.00. The number of nitrogens with zero attached hydrogens (tertiary/aromatic N) is 1. The number of amides is 1. The molecule has 0 aliphatic heterocycles. The third-order valence-corrected chi connectivity index (χ3v) is 1.72. The molecular weight excluding hydrogens is 166 g/mol. The Labute approximate surface area is 77.8 Å². The van der Waals surface area contributed by atoms with Gasteiger partial charge in [-0.3, -0.25) is 4.79 Å². The second-order valence-corrected chi connectivity index (χ2v) is 3.48. The lowest BCUT2D eigenvalue weighted by Crippen LogP contribution is -2.28. The summed E-state index contributed by atoms with van der Waals surface area (Å²) in [6, 6.07) is 0. The number of hydrogen-bond donors (Lipinski definition) is 2. The molecule has 0 unspecified atom stereocenters. The van der Waals surface area contributed by atoms with E-state index in [1.807, 2.05) is 6.92 Å². The monoisotopic (exact) mass is 181 g/mol. The van der Waals surface area contributed by atoms with Gasteiger partial charge >= 0.3 is 0 Å². The Bertz CT molecular complexity index is 291. The summed E-state index contributed by atoms with van der Waals surface area (Å²) in [6.45, 7) is 6.62. The summed E-state index contributed by atoms with van der Waals surface area (Å²) >= 11 is 0. The SMILES string of the molecule is Cc1[nH]cnc1C(=O)NCC(C)C. The van der Waals surface area contributed by atoms with Crippen molar-refractivity contribution in [2.45, 2.75) is 20.8 Å². The standard InChI is InChI=1S/C9H15N3O/c1-6(2)4-10-9(13)8-7(3)11-5-12-8/h5-6H,4H2,1-3H3,(H,10,13)(H,11,12). The Kier molecular flexibility index (Phi) is 3.06. The van der Waals surface area contributed by atoms with Crippen LogP contribution in [0.2, 0.25) is 0 Å². The number of aromatic amines is 1. The fourth-order valence-corrected chi connectivity index (χ4v) is 0.968. The first-order valence-corrected chi connectivity index (χ1v) is 4.39. The van der Waals surface area contributed by atoms with Gasteiger partial charge in [-0.05, 0) is 12.8 Å². The Morgan fingerprint density at radius 2 is 2.38 bits per heavy atom. The highest BCUT2D eigenvalue weighted by Gasteiger charge is 2.10. The van der Waals surface area contributed by atoms with E-state index in [1.54, 1.807) is 0 Å². The van der Waals surface area contributed by atoms with E-state index in [1.165, 1.54) is 6.33 Å². The predicted octanol–water partition coefficient (Wildman–Crippen LogP) is 1.10. The average molecular weight is 181 g/mol. The van der Waals surface area contributed by atoms with Gasteiger partial charge in [0.25, 0.3) is 5.91 Å². The van der Waals surface area contributed by atoms with Gasteiger partial charge in [-0.1, -0.05) is 13.8 Å². The minimum atomic E-state index is -0.104. The molecule has 1 amide bonds. The molecule has 0 aromatic carbocycles. The predicted molar refractivity (Wildman–Crippen MR) is 50.5 cm³/mol. The molecule has 1 heterocycles. The quantitative estimate of drug-likeness (QED) is 0.733. The van der Waals surface area contributed by atoms with Crippen molar-refractivity contribution in [3.63, 3.8) is 0 Å². The highest BCUT2D eigenvalue weighted by atomic mass is 16.1. The molecule has 4 nitrogen and oxygen atoms in total. The van der Waals surface area contributed by atoms with Crippen molar-refractivity contribution >= 4 is 5.91 Å². The maximum atomic E-state index is 11.4. The van der Waals surface area contributed by atoms with Gasteiger partial charge in [-0.15, -0.1) is 0 Å². The molecule has 0 aliphatic carbocycles. The van der Waals surface area contributed by atoms with Crippen LogP contribution >= 0.6 is 0 Å². The van der Waals surface area contributed by atoms with E-state index in [9.17, 15) is 4.79 Å². The molecule has 0 radical (unpaired) electrons. The van der Waals surface area contributed by atoms with Gasteiger partial charge in [0.05, 0.1) is 6.33 Å². The first kappa shape index (κ1) is 9.77. The van der Waals surface area contributed by atoms with Crippen LogP contribution in [0, 0.1) is 12.8 Å². The number of aryl methyl sites for hydroxylation is 1. The van der Waals surface area contributed by atoms with Gasteiger partial charge in [0.1, 0.15) is 5.69 Å². The number of H-pyrrole nitrogens is 1. The summed E-state index contributed by atoms with van der Waals surface area (Å²) in [5, 5.41) is 2.80. The van der Waals surface area contributed by atoms with E-state index in [4.69, 9.17) is 0 Å². The summed E-state index contributed by atoms with van der Waals surface area (Å²) in [5.41, 5.74) is 1.29. The van der Waals surface area contributed by atoms with E-state index in [0.717, 1.165) is 5.69 Å². The number of nitrogens with one attached hydrogen (secondary N) is 2. The Morgan fingerprint density at radius 3 is 2.85 bits per heavy atom. The molecule has 1 rings (SSSR count). The molecule has 0 aliphatic rings. The van der Waals surface area contributed by atoms with E-state index >= 15 is 0 Å². The Hall–Kier alpha value is -1.32. The van der Waals surface area contributed by atoms with Crippen LogP contribution in [0.5, 0.6) is 0 Å². The number of aromatic nitrogens is 2. The van der Waals surface area contributed by atoms with Crippen LogP contribution in [0.1, 0.15) is 30.0 Å². The lowest BCUT2D eigenvalue weighted by molar-refractivity contribution is 0.0944. The van der Waals surface area contributed by atoms with Crippen LogP contribution in [0.3, 0.4) is 0 Å². The molecule has 0 saturated heterocycles. The van der Waals surface area contributed by atoms with Crippen LogP contribution in [0.4, 0.5) is 0 Å². The van der Waals surface area contributed by atoms with Crippen molar-refractivity contribution in [3.8, 4) is 0 Å². The molecule has 72 valence electrons. The minimum absolute atomic E-state index is 0.104. The van der Waals surface area contributed by atoms with Crippen LogP contribution in [-0.4, -0.2) is 22.4 Å². The van der Waals surface area contributed by atoms with E-state index in [-0.39, 0.29) is 5.91 Å². The number of rotatable bonds is 3. The Balaban J connectivity index is 2.54. The van der Waals surface area contributed by atoms with Gasteiger partial charge in [0.2, 0.25) is 0 Å². The van der Waals surface area contributed by atoms with Crippen LogP contribution in [0.25, 0.3) is 0 Å². The fraction of sp³-hybridized carbons (Fsp3) is 0.556. The zero-order valence-electron chi connectivity index (χ0n) is 8.22. The number of imidazole rings is 1. The third-order valence-electron chi connectivity index (χ3n) is 1.72. The lowest BCUT2D eigenvalue weighted by atomic mass is 10.2. The maximum absolute atomic E-state index is 11.4. The molecule has 1 aromatic rings. The van der Waals surface area contributed by atoms with E-state index in [0.29, 0.717) is 18.2 Å². The molecule has 0 saturated carbocycles. The fourth-order valence-electron chi connectivity index (χ4n) is 0.968. The van der Waals surface area contributed by atoms with Gasteiger partial charge < -0.3 is 10.3 Å². The molecular formula is C9H15N3O. The first-order valence-electron chi connectivity index (χ1n) is 4.39. The van der Waals surface area contributed by atoms with Gasteiger partial charge in [-0.2, -0.15) is 0 Å². The summed E-state index contributed by atoms with van der Waals surface area (Å²) in [6.07, 6.45) is 1.53. The van der Waals surface area contributed by atoms with Crippen LogP contribution < -0.4 is 5.32 Å². The molecule has 0 spiro atoms. The molecule has 0 fully saturated rings. The lowest BCUT2D eigenvalue weighted by Gasteiger charge is -2.05. The summed E-state index contributed by atoms with van der Waals surface area (Å²) < 4.78 is 0. The summed E-state index contributed by atoms with van der Waals surface area (Å²) in [5.74, 6) is 0.357. The number of carbonyl (C=O) groups excluding carboxylic acids is 1. The molecule has 1 aromatic heterocycles. The van der Waals surface area contributed by atoms with Crippen molar-refractivity contribution in [1.82, 2.24) is 15.3 Å². The topological polar surface area (TPSA) is 57.8 Å². The second kappa shape index (κ2) is 4.07. The van der Waals surface area contributed by atoms with Crippen molar-refractivity contribution in [2.75, 3.05) is 6.54 Å². The van der Waals surface area contributed by atoms with Gasteiger partial charge in [-0.25, -0.2) is 4.98 Å². The molecule has 0 atom stereocenters. The van der Waals surface area contributed by atoms with Crippen molar-refractivity contribution in [3.05, 3.63) is 17.7 Å². The Morgan fingerprint density at radius 1 is 1.69 bits per heavy atom. The molecule has 4 heteroatoms. The minimum Gasteiger partial charge on any atom is -0.350 e. The second-order valence-electron chi connectivity index (χ2n) is 3.48. The van der Waals surface area contributed by atoms with Crippen LogP contribution in [0.15, 0.2) is 6.33 Å². The molecule has 0 bridgehead atoms. The van der Waals surface area contributed by atoms with Crippen molar-refractivity contribution in [1.29, 1.82) is 0 Å². The largest absolute Gasteiger partial charge is 0.350 e. The average Bonchev–Trinajstić information content (AvgIpc) is 2.47. The zero-order valence-corrected chi connectivity index (χ0v) is 8.22. The first-order chi connectivity index (χ1) is 6.11. The summed E-state index contributed by atoms with van der Waals surface area (Å²) in [7, 11) is 0. The van der Waals surface area contributed by atoms with Crippen molar-refractivity contribution in [2.24, 2.45) is 5.92 Å². The van der Waals surface area contributed by atoms with Crippen LogP contribution in [-0.2, 0) is 0 Å².